The van der Waals surface area contributed by atoms with E-state index in [0.717, 1.165) is 55.7 Å². The van der Waals surface area contributed by atoms with Crippen LogP contribution in [-0.4, -0.2) is 66.1 Å². The third-order valence-electron chi connectivity index (χ3n) is 5.98. The van der Waals surface area contributed by atoms with Crippen LogP contribution in [0.4, 0.5) is 0 Å². The summed E-state index contributed by atoms with van der Waals surface area (Å²) in [5.74, 6) is 0.108. The molecule has 2 atom stereocenters. The molecular formula is C22H32N4O3. The van der Waals surface area contributed by atoms with E-state index < -0.39 is 0 Å². The second kappa shape index (κ2) is 8.81. The summed E-state index contributed by atoms with van der Waals surface area (Å²) >= 11 is 0. The van der Waals surface area contributed by atoms with Gasteiger partial charge in [-0.15, -0.1) is 0 Å². The van der Waals surface area contributed by atoms with Crippen molar-refractivity contribution in [3.8, 4) is 0 Å². The Balaban J connectivity index is 1.59. The smallest absolute Gasteiger partial charge is 0.253 e. The number of aryl methyl sites for hydroxylation is 2. The van der Waals surface area contributed by atoms with Crippen molar-refractivity contribution in [2.75, 3.05) is 33.4 Å². The van der Waals surface area contributed by atoms with Crippen molar-refractivity contribution in [1.29, 1.82) is 0 Å². The number of carbonyl (C=O) groups excluding carboxylic acids is 1. The fourth-order valence-corrected chi connectivity index (χ4v) is 4.24. The fourth-order valence-electron chi connectivity index (χ4n) is 4.24. The van der Waals surface area contributed by atoms with E-state index in [1.807, 2.05) is 6.92 Å². The first-order chi connectivity index (χ1) is 14.1. The highest BCUT2D eigenvalue weighted by atomic mass is 16.5. The van der Waals surface area contributed by atoms with Crippen LogP contribution in [0.3, 0.4) is 0 Å². The molecule has 1 saturated heterocycles. The standard InChI is InChI=1S/C22H32N4O3/c1-15-19-8-5-17(13-20(19)25(24-15)10-4-11-28-3)16(2)26(18-6-7-18)22(27)21-14-23-9-12-29-21/h5,8,13,16,18,21,23H,4,6-7,9-12,14H2,1-3H3/t16-,21?/m1/s1. The van der Waals surface area contributed by atoms with Gasteiger partial charge in [-0.3, -0.25) is 9.48 Å². The number of aromatic nitrogens is 2. The zero-order chi connectivity index (χ0) is 20.4. The summed E-state index contributed by atoms with van der Waals surface area (Å²) in [4.78, 5) is 15.3. The molecule has 1 aliphatic carbocycles. The molecule has 1 unspecified atom stereocenters. The molecule has 0 bridgehead atoms. The molecule has 7 nitrogen and oxygen atoms in total. The van der Waals surface area contributed by atoms with E-state index >= 15 is 0 Å². The number of nitrogens with zero attached hydrogens (tertiary/aromatic N) is 3. The molecule has 1 aromatic heterocycles. The van der Waals surface area contributed by atoms with Gasteiger partial charge in [0.1, 0.15) is 6.10 Å². The molecule has 2 aliphatic rings. The molecule has 158 valence electrons. The Morgan fingerprint density at radius 3 is 2.97 bits per heavy atom. The van der Waals surface area contributed by atoms with Gasteiger partial charge in [0.25, 0.3) is 5.91 Å². The number of rotatable bonds is 8. The van der Waals surface area contributed by atoms with E-state index in [1.165, 1.54) is 5.39 Å². The topological polar surface area (TPSA) is 68.6 Å². The molecule has 1 aromatic carbocycles. The van der Waals surface area contributed by atoms with Crippen LogP contribution in [0.2, 0.25) is 0 Å². The lowest BCUT2D eigenvalue weighted by atomic mass is 10.0. The molecule has 29 heavy (non-hydrogen) atoms. The van der Waals surface area contributed by atoms with Gasteiger partial charge in [0.2, 0.25) is 0 Å². The quantitative estimate of drug-likeness (QED) is 0.690. The lowest BCUT2D eigenvalue weighted by Gasteiger charge is -2.34. The van der Waals surface area contributed by atoms with Gasteiger partial charge in [-0.2, -0.15) is 5.10 Å². The van der Waals surface area contributed by atoms with Crippen LogP contribution in [0.15, 0.2) is 18.2 Å². The van der Waals surface area contributed by atoms with Crippen molar-refractivity contribution in [1.82, 2.24) is 20.0 Å². The molecule has 2 fully saturated rings. The van der Waals surface area contributed by atoms with Gasteiger partial charge in [0.05, 0.1) is 23.9 Å². The number of fused-ring (bicyclic) bond motifs is 1. The van der Waals surface area contributed by atoms with E-state index in [0.29, 0.717) is 19.2 Å². The van der Waals surface area contributed by atoms with Gasteiger partial charge in [-0.1, -0.05) is 12.1 Å². The Labute approximate surface area is 172 Å². The van der Waals surface area contributed by atoms with Crippen LogP contribution in [0.25, 0.3) is 10.9 Å². The molecule has 4 rings (SSSR count). The van der Waals surface area contributed by atoms with E-state index in [9.17, 15) is 4.79 Å². The average Bonchev–Trinajstić information content (AvgIpc) is 3.53. The fraction of sp³-hybridized carbons (Fsp3) is 0.636. The normalized spacial score (nSPS) is 20.7. The van der Waals surface area contributed by atoms with Gasteiger partial charge < -0.3 is 19.7 Å². The number of nitrogens with one attached hydrogen (secondary N) is 1. The average molecular weight is 401 g/mol. The molecule has 1 saturated carbocycles. The van der Waals surface area contributed by atoms with E-state index in [-0.39, 0.29) is 18.1 Å². The molecule has 0 radical (unpaired) electrons. The number of hydrogen-bond acceptors (Lipinski definition) is 5. The number of carbonyl (C=O) groups is 1. The highest BCUT2D eigenvalue weighted by molar-refractivity contribution is 5.84. The van der Waals surface area contributed by atoms with Crippen molar-refractivity contribution < 1.29 is 14.3 Å². The lowest BCUT2D eigenvalue weighted by molar-refractivity contribution is -0.148. The number of benzene rings is 1. The van der Waals surface area contributed by atoms with Crippen LogP contribution < -0.4 is 5.32 Å². The summed E-state index contributed by atoms with van der Waals surface area (Å²) in [7, 11) is 1.72. The number of morpholine rings is 1. The summed E-state index contributed by atoms with van der Waals surface area (Å²) in [6.07, 6.45) is 2.70. The predicted octanol–water partition coefficient (Wildman–Crippen LogP) is 2.42. The Hall–Kier alpha value is -1.96. The van der Waals surface area contributed by atoms with E-state index in [1.54, 1.807) is 7.11 Å². The van der Waals surface area contributed by atoms with Gasteiger partial charge in [-0.05, 0) is 44.7 Å². The molecule has 1 amide bonds. The first-order valence-corrected chi connectivity index (χ1v) is 10.7. The number of methoxy groups -OCH3 is 1. The molecule has 0 spiro atoms. The first-order valence-electron chi connectivity index (χ1n) is 10.7. The molecule has 2 aromatic rings. The van der Waals surface area contributed by atoms with Gasteiger partial charge >= 0.3 is 0 Å². The first kappa shape index (κ1) is 20.3. The third kappa shape index (κ3) is 4.32. The van der Waals surface area contributed by atoms with Gasteiger partial charge in [0, 0.05) is 44.8 Å². The Morgan fingerprint density at radius 2 is 2.28 bits per heavy atom. The van der Waals surface area contributed by atoms with Gasteiger partial charge in [-0.25, -0.2) is 0 Å². The van der Waals surface area contributed by atoms with Crippen molar-refractivity contribution >= 4 is 16.8 Å². The molecule has 2 heterocycles. The highest BCUT2D eigenvalue weighted by Gasteiger charge is 2.40. The minimum Gasteiger partial charge on any atom is -0.385 e. The number of ether oxygens (including phenoxy) is 2. The third-order valence-corrected chi connectivity index (χ3v) is 5.98. The van der Waals surface area contributed by atoms with E-state index in [4.69, 9.17) is 14.6 Å². The monoisotopic (exact) mass is 400 g/mol. The van der Waals surface area contributed by atoms with Crippen molar-refractivity contribution in [2.45, 2.75) is 57.8 Å². The maximum Gasteiger partial charge on any atom is 0.253 e. The number of amides is 1. The lowest BCUT2D eigenvalue weighted by Crippen LogP contribution is -2.50. The molecular weight excluding hydrogens is 368 g/mol. The van der Waals surface area contributed by atoms with Crippen LogP contribution >= 0.6 is 0 Å². The second-order valence-electron chi connectivity index (χ2n) is 8.15. The van der Waals surface area contributed by atoms with E-state index in [2.05, 4.69) is 40.0 Å². The molecule has 7 heteroatoms. The van der Waals surface area contributed by atoms with Crippen molar-refractivity contribution in [3.05, 3.63) is 29.5 Å². The SMILES string of the molecule is COCCCn1nc(C)c2ccc([C@@H](C)N(C(=O)C3CNCCO3)C3CC3)cc21. The molecule has 1 N–H and O–H groups in total. The van der Waals surface area contributed by atoms with Gasteiger partial charge in [0.15, 0.2) is 0 Å². The minimum atomic E-state index is -0.377. The second-order valence-corrected chi connectivity index (χ2v) is 8.15. The molecule has 1 aliphatic heterocycles. The zero-order valence-electron chi connectivity index (χ0n) is 17.7. The Morgan fingerprint density at radius 1 is 1.45 bits per heavy atom. The van der Waals surface area contributed by atoms with Crippen LogP contribution in [0.5, 0.6) is 0 Å². The van der Waals surface area contributed by atoms with Crippen LogP contribution in [0.1, 0.15) is 43.5 Å². The summed E-state index contributed by atoms with van der Waals surface area (Å²) in [6, 6.07) is 6.82. The number of hydrogen-bond donors (Lipinski definition) is 1. The highest BCUT2D eigenvalue weighted by Crippen LogP contribution is 2.36. The summed E-state index contributed by atoms with van der Waals surface area (Å²) in [5, 5.41) is 9.16. The predicted molar refractivity (Wildman–Crippen MR) is 112 cm³/mol. The zero-order valence-corrected chi connectivity index (χ0v) is 17.7. The summed E-state index contributed by atoms with van der Waals surface area (Å²) in [5.41, 5.74) is 3.31. The maximum atomic E-state index is 13.2. The van der Waals surface area contributed by atoms with Crippen molar-refractivity contribution in [3.63, 3.8) is 0 Å². The minimum absolute atomic E-state index is 0.00700. The Kier molecular flexibility index (Phi) is 6.18. The summed E-state index contributed by atoms with van der Waals surface area (Å²) in [6.45, 7) is 7.72. The van der Waals surface area contributed by atoms with Crippen LogP contribution in [-0.2, 0) is 20.8 Å². The Bertz CT molecular complexity index is 855. The summed E-state index contributed by atoms with van der Waals surface area (Å²) < 4.78 is 13.0. The van der Waals surface area contributed by atoms with Crippen molar-refractivity contribution in [2.24, 2.45) is 0 Å². The largest absolute Gasteiger partial charge is 0.385 e. The maximum absolute atomic E-state index is 13.2. The van der Waals surface area contributed by atoms with Crippen LogP contribution in [0, 0.1) is 6.92 Å².